The van der Waals surface area contributed by atoms with Crippen molar-refractivity contribution in [1.29, 1.82) is 0 Å². The van der Waals surface area contributed by atoms with E-state index in [0.717, 1.165) is 40.7 Å². The number of halogens is 2. The minimum Gasteiger partial charge on any atom is -0.489 e. The Balaban J connectivity index is 0.00000320. The van der Waals surface area contributed by atoms with E-state index in [-0.39, 0.29) is 41.9 Å². The molecule has 1 fully saturated rings. The largest absolute Gasteiger partial charge is 0.489 e. The fourth-order valence-corrected chi connectivity index (χ4v) is 5.37. The van der Waals surface area contributed by atoms with Gasteiger partial charge in [-0.2, -0.15) is 0 Å². The topological polar surface area (TPSA) is 69.3 Å². The number of benzene rings is 3. The average Bonchev–Trinajstić information content (AvgIpc) is 3.18. The van der Waals surface area contributed by atoms with Gasteiger partial charge in [0.2, 0.25) is 5.91 Å². The SMILES string of the molecule is Cc1cc(-n2c(C(C)C)c(C3CC(C(=O)NN)C3)c3cc(OCc4ccccc4)ccc32)ccc1F.Cl. The molecule has 0 saturated heterocycles. The Morgan fingerprint density at radius 1 is 1.11 bits per heavy atom. The molecule has 7 heteroatoms. The molecule has 1 aliphatic carbocycles. The second kappa shape index (κ2) is 11.0. The summed E-state index contributed by atoms with van der Waals surface area (Å²) in [5.41, 5.74) is 8.43. The van der Waals surface area contributed by atoms with Gasteiger partial charge in [0.05, 0.1) is 5.52 Å². The van der Waals surface area contributed by atoms with Gasteiger partial charge >= 0.3 is 0 Å². The van der Waals surface area contributed by atoms with Crippen LogP contribution >= 0.6 is 12.4 Å². The Labute approximate surface area is 223 Å². The number of nitrogens with two attached hydrogens (primary N) is 1. The predicted molar refractivity (Wildman–Crippen MR) is 148 cm³/mol. The quantitative estimate of drug-likeness (QED) is 0.162. The second-order valence-electron chi connectivity index (χ2n) is 10.0. The number of amides is 1. The van der Waals surface area contributed by atoms with E-state index in [0.29, 0.717) is 12.2 Å². The van der Waals surface area contributed by atoms with Crippen LogP contribution in [0.2, 0.25) is 0 Å². The van der Waals surface area contributed by atoms with Gasteiger partial charge in [-0.25, -0.2) is 10.2 Å². The summed E-state index contributed by atoms with van der Waals surface area (Å²) in [5, 5.41) is 1.11. The van der Waals surface area contributed by atoms with Crippen molar-refractivity contribution in [3.05, 3.63) is 94.9 Å². The van der Waals surface area contributed by atoms with E-state index in [9.17, 15) is 9.18 Å². The van der Waals surface area contributed by atoms with Gasteiger partial charge in [0, 0.05) is 22.7 Å². The zero-order chi connectivity index (χ0) is 25.4. The number of nitrogens with one attached hydrogen (secondary N) is 1. The van der Waals surface area contributed by atoms with Gasteiger partial charge in [-0.1, -0.05) is 44.2 Å². The molecule has 1 saturated carbocycles. The first-order chi connectivity index (χ1) is 17.4. The number of nitrogens with zero attached hydrogens (tertiary/aromatic N) is 1. The van der Waals surface area contributed by atoms with Crippen LogP contribution in [0.5, 0.6) is 5.75 Å². The summed E-state index contributed by atoms with van der Waals surface area (Å²) in [6.45, 7) is 6.64. The van der Waals surface area contributed by atoms with Crippen LogP contribution in [0.3, 0.4) is 0 Å². The lowest BCUT2D eigenvalue weighted by molar-refractivity contribution is -0.128. The number of fused-ring (bicyclic) bond motifs is 1. The molecule has 5 rings (SSSR count). The predicted octanol–water partition coefficient (Wildman–Crippen LogP) is 6.69. The highest BCUT2D eigenvalue weighted by Crippen LogP contribution is 2.49. The van der Waals surface area contributed by atoms with E-state index in [1.807, 2.05) is 48.5 Å². The minimum absolute atomic E-state index is 0. The second-order valence-corrected chi connectivity index (χ2v) is 10.0. The van der Waals surface area contributed by atoms with Gasteiger partial charge in [-0.15, -0.1) is 12.4 Å². The van der Waals surface area contributed by atoms with E-state index >= 15 is 0 Å². The van der Waals surface area contributed by atoms with Crippen LogP contribution in [0.25, 0.3) is 16.6 Å². The number of aryl methyl sites for hydroxylation is 1. The highest BCUT2D eigenvalue weighted by molar-refractivity contribution is 5.90. The molecule has 37 heavy (non-hydrogen) atoms. The molecular weight excluding hydrogens is 489 g/mol. The summed E-state index contributed by atoms with van der Waals surface area (Å²) < 4.78 is 22.6. The molecule has 1 amide bonds. The van der Waals surface area contributed by atoms with Crippen LogP contribution in [0.1, 0.15) is 60.9 Å². The Kier molecular flexibility index (Phi) is 7.90. The fourth-order valence-electron chi connectivity index (χ4n) is 5.37. The van der Waals surface area contributed by atoms with Crippen LogP contribution in [0, 0.1) is 18.7 Å². The van der Waals surface area contributed by atoms with Crippen molar-refractivity contribution in [3.63, 3.8) is 0 Å². The maximum Gasteiger partial charge on any atom is 0.237 e. The minimum atomic E-state index is -0.215. The number of hydrogen-bond acceptors (Lipinski definition) is 3. The lowest BCUT2D eigenvalue weighted by atomic mass is 9.69. The zero-order valence-electron chi connectivity index (χ0n) is 21.3. The number of carbonyl (C=O) groups excluding carboxylic acids is 1. The van der Waals surface area contributed by atoms with E-state index in [1.54, 1.807) is 6.92 Å². The Morgan fingerprint density at radius 3 is 2.49 bits per heavy atom. The molecule has 0 spiro atoms. The lowest BCUT2D eigenvalue weighted by Gasteiger charge is -2.35. The smallest absolute Gasteiger partial charge is 0.237 e. The van der Waals surface area contributed by atoms with E-state index in [4.69, 9.17) is 10.6 Å². The molecule has 1 aromatic heterocycles. The summed E-state index contributed by atoms with van der Waals surface area (Å²) in [7, 11) is 0. The van der Waals surface area contributed by atoms with Crippen molar-refractivity contribution in [2.45, 2.75) is 52.1 Å². The average molecular weight is 522 g/mol. The third-order valence-corrected chi connectivity index (χ3v) is 7.27. The monoisotopic (exact) mass is 521 g/mol. The van der Waals surface area contributed by atoms with Crippen molar-refractivity contribution in [3.8, 4) is 11.4 Å². The van der Waals surface area contributed by atoms with Gasteiger partial charge in [-0.3, -0.25) is 10.2 Å². The summed E-state index contributed by atoms with van der Waals surface area (Å²) in [4.78, 5) is 12.1. The summed E-state index contributed by atoms with van der Waals surface area (Å²) >= 11 is 0. The molecule has 0 atom stereocenters. The van der Waals surface area contributed by atoms with Crippen LogP contribution in [0.4, 0.5) is 4.39 Å². The number of hydrogen-bond donors (Lipinski definition) is 2. The normalized spacial score (nSPS) is 16.8. The zero-order valence-corrected chi connectivity index (χ0v) is 22.1. The molecule has 3 N–H and O–H groups in total. The Morgan fingerprint density at radius 2 is 1.84 bits per heavy atom. The van der Waals surface area contributed by atoms with Crippen molar-refractivity contribution >= 4 is 29.2 Å². The van der Waals surface area contributed by atoms with Crippen molar-refractivity contribution in [2.75, 3.05) is 0 Å². The van der Waals surface area contributed by atoms with Crippen LogP contribution in [-0.2, 0) is 11.4 Å². The van der Waals surface area contributed by atoms with Crippen LogP contribution in [0.15, 0.2) is 66.7 Å². The molecule has 0 unspecified atom stereocenters. The number of hydrazine groups is 1. The molecule has 0 aliphatic heterocycles. The molecule has 1 heterocycles. The van der Waals surface area contributed by atoms with Gasteiger partial charge in [-0.05, 0) is 84.7 Å². The molecular formula is C30H33ClFN3O2. The van der Waals surface area contributed by atoms with Crippen LogP contribution < -0.4 is 16.0 Å². The maximum absolute atomic E-state index is 14.1. The van der Waals surface area contributed by atoms with Gasteiger partial charge in [0.25, 0.3) is 0 Å². The first kappa shape index (κ1) is 26.7. The van der Waals surface area contributed by atoms with E-state index < -0.39 is 0 Å². The first-order valence-electron chi connectivity index (χ1n) is 12.5. The van der Waals surface area contributed by atoms with Crippen molar-refractivity contribution in [1.82, 2.24) is 9.99 Å². The fraction of sp³-hybridized carbons (Fsp3) is 0.300. The molecule has 1 aliphatic rings. The number of rotatable bonds is 7. The summed E-state index contributed by atoms with van der Waals surface area (Å²) in [6.07, 6.45) is 1.50. The van der Waals surface area contributed by atoms with Crippen molar-refractivity contribution < 1.29 is 13.9 Å². The van der Waals surface area contributed by atoms with Crippen molar-refractivity contribution in [2.24, 2.45) is 11.8 Å². The Hall–Kier alpha value is -3.35. The van der Waals surface area contributed by atoms with E-state index in [2.05, 4.69) is 36.0 Å². The number of aromatic nitrogens is 1. The van der Waals surface area contributed by atoms with Gasteiger partial charge < -0.3 is 9.30 Å². The first-order valence-corrected chi connectivity index (χ1v) is 12.5. The number of ether oxygens (including phenoxy) is 1. The molecule has 0 radical (unpaired) electrons. The Bertz CT molecular complexity index is 1410. The van der Waals surface area contributed by atoms with E-state index in [1.165, 1.54) is 17.3 Å². The molecule has 194 valence electrons. The maximum atomic E-state index is 14.1. The van der Waals surface area contributed by atoms with Gasteiger partial charge in [0.1, 0.15) is 18.2 Å². The molecule has 4 aromatic rings. The molecule has 0 bridgehead atoms. The lowest BCUT2D eigenvalue weighted by Crippen LogP contribution is -2.41. The standard InChI is InChI=1S/C30H32FN3O2.ClH/c1-18(2)29-28(21-14-22(15-21)30(35)33-32)25-16-24(36-17-20-7-5-4-6-8-20)10-12-27(25)34(29)23-9-11-26(31)19(3)13-23;/h4-13,16,18,21-22H,14-15,17,32H2,1-3H3,(H,33,35);1H. The third-order valence-electron chi connectivity index (χ3n) is 7.27. The molecule has 5 nitrogen and oxygen atoms in total. The van der Waals surface area contributed by atoms with Gasteiger partial charge in [0.15, 0.2) is 0 Å². The summed E-state index contributed by atoms with van der Waals surface area (Å²) in [5.74, 6) is 6.24. The highest BCUT2D eigenvalue weighted by Gasteiger charge is 2.39. The molecule has 3 aromatic carbocycles. The third kappa shape index (κ3) is 5.09. The highest BCUT2D eigenvalue weighted by atomic mass is 35.5. The number of carbonyl (C=O) groups is 1. The summed E-state index contributed by atoms with van der Waals surface area (Å²) in [6, 6.07) is 21.6. The van der Waals surface area contributed by atoms with Crippen LogP contribution in [-0.4, -0.2) is 10.5 Å².